The molecule has 0 bridgehead atoms. The first-order valence-corrected chi connectivity index (χ1v) is 10.5. The van der Waals surface area contributed by atoms with Crippen LogP contribution in [0, 0.1) is 10.1 Å². The number of hydrogen-bond acceptors (Lipinski definition) is 7. The van der Waals surface area contributed by atoms with Gasteiger partial charge < -0.3 is 15.5 Å². The summed E-state index contributed by atoms with van der Waals surface area (Å²) in [5.41, 5.74) is 7.00. The minimum Gasteiger partial charge on any atom is -0.451 e. The van der Waals surface area contributed by atoms with Gasteiger partial charge in [-0.3, -0.25) is 25.0 Å². The van der Waals surface area contributed by atoms with Gasteiger partial charge in [0.1, 0.15) is 10.8 Å². The first-order valence-electron chi connectivity index (χ1n) is 9.25. The number of nitro groups is 1. The maximum absolute atomic E-state index is 12.5. The number of benzene rings is 1. The second kappa shape index (κ2) is 8.28. The quantitative estimate of drug-likeness (QED) is 0.302. The number of rotatable bonds is 5. The molecule has 0 saturated heterocycles. The van der Waals surface area contributed by atoms with Gasteiger partial charge in [0, 0.05) is 10.9 Å². The number of aryl methyl sites for hydroxylation is 1. The Morgan fingerprint density at radius 2 is 1.97 bits per heavy atom. The lowest BCUT2D eigenvalue weighted by Gasteiger charge is -2.09. The van der Waals surface area contributed by atoms with E-state index in [1.165, 1.54) is 35.6 Å². The number of para-hydroxylation sites is 1. The Labute approximate surface area is 185 Å². The maximum atomic E-state index is 12.5. The molecule has 1 aromatic carbocycles. The van der Waals surface area contributed by atoms with Crippen LogP contribution >= 0.6 is 23.6 Å². The summed E-state index contributed by atoms with van der Waals surface area (Å²) in [7, 11) is 0. The molecule has 31 heavy (non-hydrogen) atoms. The van der Waals surface area contributed by atoms with Gasteiger partial charge in [0.25, 0.3) is 17.5 Å². The molecule has 4 rings (SSSR count). The molecule has 0 radical (unpaired) electrons. The predicted octanol–water partition coefficient (Wildman–Crippen LogP) is 3.63. The van der Waals surface area contributed by atoms with Crippen molar-refractivity contribution >= 4 is 51.2 Å². The third-order valence-electron chi connectivity index (χ3n) is 4.82. The lowest BCUT2D eigenvalue weighted by molar-refractivity contribution is -0.384. The van der Waals surface area contributed by atoms with Crippen molar-refractivity contribution in [2.24, 2.45) is 5.73 Å². The average Bonchev–Trinajstić information content (AvgIpc) is 3.43. The number of amides is 2. The lowest BCUT2D eigenvalue weighted by Crippen LogP contribution is -2.34. The summed E-state index contributed by atoms with van der Waals surface area (Å²) in [6, 6.07) is 8.94. The van der Waals surface area contributed by atoms with Crippen LogP contribution < -0.4 is 16.4 Å². The predicted molar refractivity (Wildman–Crippen MR) is 119 cm³/mol. The van der Waals surface area contributed by atoms with Gasteiger partial charge in [0.15, 0.2) is 10.9 Å². The normalized spacial score (nSPS) is 12.3. The van der Waals surface area contributed by atoms with E-state index in [0.717, 1.165) is 29.7 Å². The molecule has 4 N–H and O–H groups in total. The molecule has 2 amide bonds. The molecule has 2 aromatic heterocycles. The number of thiophene rings is 1. The summed E-state index contributed by atoms with van der Waals surface area (Å²) < 4.78 is 5.51. The van der Waals surface area contributed by atoms with Crippen LogP contribution in [0.15, 0.2) is 40.8 Å². The number of nitrogens with zero attached hydrogens (tertiary/aromatic N) is 1. The van der Waals surface area contributed by atoms with E-state index in [1.54, 1.807) is 12.1 Å². The van der Waals surface area contributed by atoms with Gasteiger partial charge in [-0.1, -0.05) is 12.1 Å². The molecule has 1 aliphatic carbocycles. The monoisotopic (exact) mass is 456 g/mol. The third kappa shape index (κ3) is 4.05. The fourth-order valence-corrected chi connectivity index (χ4v) is 5.06. The molecule has 0 saturated carbocycles. The second-order valence-electron chi connectivity index (χ2n) is 6.77. The van der Waals surface area contributed by atoms with Crippen LogP contribution in [-0.4, -0.2) is 21.9 Å². The van der Waals surface area contributed by atoms with Crippen LogP contribution in [0.1, 0.15) is 37.8 Å². The van der Waals surface area contributed by atoms with Crippen molar-refractivity contribution in [3.63, 3.8) is 0 Å². The number of fused-ring (bicyclic) bond motifs is 1. The molecule has 0 aliphatic heterocycles. The summed E-state index contributed by atoms with van der Waals surface area (Å²) in [6.07, 6.45) is 2.64. The first kappa shape index (κ1) is 20.7. The summed E-state index contributed by atoms with van der Waals surface area (Å²) >= 11 is 6.60. The largest absolute Gasteiger partial charge is 0.451 e. The van der Waals surface area contributed by atoms with Gasteiger partial charge in [-0.05, 0) is 55.2 Å². The number of thiocarbonyl (C=S) groups is 1. The van der Waals surface area contributed by atoms with Crippen LogP contribution in [0.3, 0.4) is 0 Å². The highest BCUT2D eigenvalue weighted by Gasteiger charge is 2.26. The van der Waals surface area contributed by atoms with E-state index in [-0.39, 0.29) is 27.9 Å². The Balaban J connectivity index is 1.49. The van der Waals surface area contributed by atoms with E-state index in [0.29, 0.717) is 10.6 Å². The molecule has 0 fully saturated rings. The molecular weight excluding hydrogens is 440 g/mol. The number of nitro benzene ring substituents is 1. The van der Waals surface area contributed by atoms with Gasteiger partial charge in [-0.25, -0.2) is 0 Å². The minimum absolute atomic E-state index is 0.0175. The van der Waals surface area contributed by atoms with Crippen LogP contribution in [-0.2, 0) is 12.8 Å². The fourth-order valence-electron chi connectivity index (χ4n) is 3.50. The number of nitrogens with one attached hydrogen (secondary N) is 2. The number of furan rings is 1. The zero-order valence-corrected chi connectivity index (χ0v) is 17.6. The molecule has 11 heteroatoms. The summed E-state index contributed by atoms with van der Waals surface area (Å²) in [4.78, 5) is 36.2. The molecule has 0 spiro atoms. The molecule has 0 atom stereocenters. The van der Waals surface area contributed by atoms with E-state index in [4.69, 9.17) is 22.4 Å². The number of anilines is 1. The number of primary amides is 1. The van der Waals surface area contributed by atoms with E-state index in [2.05, 4.69) is 10.6 Å². The number of hydrogen-bond donors (Lipinski definition) is 3. The van der Waals surface area contributed by atoms with Crippen molar-refractivity contribution in [2.45, 2.75) is 19.3 Å². The summed E-state index contributed by atoms with van der Waals surface area (Å²) in [6.45, 7) is 0. The van der Waals surface area contributed by atoms with Crippen molar-refractivity contribution in [1.82, 2.24) is 5.32 Å². The van der Waals surface area contributed by atoms with Gasteiger partial charge in [0.2, 0.25) is 0 Å². The van der Waals surface area contributed by atoms with Crippen LogP contribution in [0.4, 0.5) is 10.7 Å². The number of carbonyl (C=O) groups excluding carboxylic acids is 2. The molecule has 9 nitrogen and oxygen atoms in total. The van der Waals surface area contributed by atoms with Crippen molar-refractivity contribution < 1.29 is 18.9 Å². The second-order valence-corrected chi connectivity index (χ2v) is 8.29. The van der Waals surface area contributed by atoms with E-state index in [1.807, 2.05) is 0 Å². The zero-order chi connectivity index (χ0) is 22.1. The molecule has 2 heterocycles. The molecule has 0 unspecified atom stereocenters. The Morgan fingerprint density at radius 1 is 1.19 bits per heavy atom. The van der Waals surface area contributed by atoms with Crippen molar-refractivity contribution in [3.05, 3.63) is 68.3 Å². The lowest BCUT2D eigenvalue weighted by atomic mass is 10.1. The van der Waals surface area contributed by atoms with Crippen LogP contribution in [0.5, 0.6) is 0 Å². The molecule has 158 valence electrons. The van der Waals surface area contributed by atoms with E-state index < -0.39 is 16.7 Å². The average molecular weight is 457 g/mol. The number of nitrogens with two attached hydrogens (primary N) is 1. The van der Waals surface area contributed by atoms with Crippen molar-refractivity contribution in [1.29, 1.82) is 0 Å². The van der Waals surface area contributed by atoms with Gasteiger partial charge in [0.05, 0.1) is 16.1 Å². The van der Waals surface area contributed by atoms with Gasteiger partial charge >= 0.3 is 0 Å². The van der Waals surface area contributed by atoms with Crippen LogP contribution in [0.2, 0.25) is 0 Å². The van der Waals surface area contributed by atoms with Gasteiger partial charge in [-0.15, -0.1) is 11.3 Å². The van der Waals surface area contributed by atoms with Crippen molar-refractivity contribution in [2.75, 3.05) is 5.32 Å². The van der Waals surface area contributed by atoms with Gasteiger partial charge in [-0.2, -0.15) is 0 Å². The Kier molecular flexibility index (Phi) is 5.53. The molecule has 3 aromatic rings. The molecule has 1 aliphatic rings. The minimum atomic E-state index is -0.632. The van der Waals surface area contributed by atoms with Crippen LogP contribution in [0.25, 0.3) is 11.3 Å². The van der Waals surface area contributed by atoms with E-state index in [9.17, 15) is 19.7 Å². The topological polar surface area (TPSA) is 140 Å². The number of carbonyl (C=O) groups is 2. The Morgan fingerprint density at radius 3 is 2.71 bits per heavy atom. The van der Waals surface area contributed by atoms with Crippen molar-refractivity contribution in [3.8, 4) is 11.3 Å². The summed E-state index contributed by atoms with van der Waals surface area (Å²) in [5.74, 6) is -1.06. The standard InChI is InChI=1S/C20H16N4O5S2/c21-17(25)16-11-5-3-7-15(11)31-19(16)23-20(30)22-18(26)14-9-8-13(29-14)10-4-1-2-6-12(10)24(27)28/h1-2,4,6,8-9H,3,5,7H2,(H2,21,25)(H2,22,23,26,30). The highest BCUT2D eigenvalue weighted by Crippen LogP contribution is 2.38. The van der Waals surface area contributed by atoms with E-state index >= 15 is 0 Å². The summed E-state index contributed by atoms with van der Waals surface area (Å²) in [5, 5.41) is 17.1. The Bertz CT molecular complexity index is 1230. The maximum Gasteiger partial charge on any atom is 0.293 e. The highest BCUT2D eigenvalue weighted by molar-refractivity contribution is 7.80. The molecular formula is C20H16N4O5S2. The zero-order valence-electron chi connectivity index (χ0n) is 16.0. The third-order valence-corrected chi connectivity index (χ3v) is 6.23. The smallest absolute Gasteiger partial charge is 0.293 e. The first-order chi connectivity index (χ1) is 14.8. The highest BCUT2D eigenvalue weighted by atomic mass is 32.1. The SMILES string of the molecule is NC(=O)c1c(NC(=S)NC(=O)c2ccc(-c3ccccc3[N+](=O)[O-])o2)sc2c1CCC2. The Hall–Kier alpha value is -3.57. The fraction of sp³-hybridized carbons (Fsp3) is 0.150.